The summed E-state index contributed by atoms with van der Waals surface area (Å²) in [6.07, 6.45) is 4.55. The number of hydrogen-bond acceptors (Lipinski definition) is 6. The predicted molar refractivity (Wildman–Crippen MR) is 164 cm³/mol. The first-order valence-electron chi connectivity index (χ1n) is 13.5. The van der Waals surface area contributed by atoms with Crippen LogP contribution in [0.5, 0.6) is 5.75 Å². The summed E-state index contributed by atoms with van der Waals surface area (Å²) in [5.74, 6) is 1.54. The molecule has 40 heavy (non-hydrogen) atoms. The topological polar surface area (TPSA) is 65.5 Å². The van der Waals surface area contributed by atoms with Gasteiger partial charge in [-0.05, 0) is 94.2 Å². The summed E-state index contributed by atoms with van der Waals surface area (Å²) in [6.45, 7) is 4.50. The van der Waals surface area contributed by atoms with E-state index in [1.54, 1.807) is 0 Å². The summed E-state index contributed by atoms with van der Waals surface area (Å²) in [4.78, 5) is 4.69. The van der Waals surface area contributed by atoms with Gasteiger partial charge in [-0.3, -0.25) is 4.90 Å². The highest BCUT2D eigenvalue weighted by Gasteiger charge is 2.22. The Kier molecular flexibility index (Phi) is 11.8. The van der Waals surface area contributed by atoms with Gasteiger partial charge in [0.25, 0.3) is 0 Å². The summed E-state index contributed by atoms with van der Waals surface area (Å²) in [7, 11) is 4.09. The maximum Gasteiger partial charge on any atom is 0.175 e. The molecule has 1 fully saturated rings. The summed E-state index contributed by atoms with van der Waals surface area (Å²) in [5.41, 5.74) is 5.96. The number of nitriles is 1. The SMILES string of the molecule is CN(C)Cc1c(OCc2ccc(C#N)cc2)ccc2c(CCC3CCN(Cc4ccccc4)CC3)noc12.Cl.Cl. The van der Waals surface area contributed by atoms with E-state index in [2.05, 4.69) is 57.4 Å². The molecular formula is C32H38Cl2N4O2. The third-order valence-electron chi connectivity index (χ3n) is 7.47. The van der Waals surface area contributed by atoms with Crippen molar-refractivity contribution in [3.05, 3.63) is 94.7 Å². The normalized spacial score (nSPS) is 13.9. The van der Waals surface area contributed by atoms with E-state index in [1.807, 2.05) is 44.4 Å². The maximum atomic E-state index is 9.03. The Morgan fingerprint density at radius 3 is 2.38 bits per heavy atom. The molecule has 2 heterocycles. The molecule has 0 N–H and O–H groups in total. The average Bonchev–Trinajstić information content (AvgIpc) is 3.36. The van der Waals surface area contributed by atoms with Crippen molar-refractivity contribution in [1.82, 2.24) is 15.0 Å². The predicted octanol–water partition coefficient (Wildman–Crippen LogP) is 7.03. The van der Waals surface area contributed by atoms with Gasteiger partial charge in [0.05, 0.1) is 22.9 Å². The van der Waals surface area contributed by atoms with Crippen molar-refractivity contribution in [2.24, 2.45) is 5.92 Å². The number of rotatable bonds is 10. The molecule has 5 rings (SSSR count). The maximum absolute atomic E-state index is 9.03. The number of halogens is 2. The second-order valence-electron chi connectivity index (χ2n) is 10.6. The van der Waals surface area contributed by atoms with E-state index >= 15 is 0 Å². The molecule has 8 heteroatoms. The minimum Gasteiger partial charge on any atom is -0.488 e. The van der Waals surface area contributed by atoms with Crippen LogP contribution in [0.4, 0.5) is 0 Å². The van der Waals surface area contributed by atoms with Crippen molar-refractivity contribution in [1.29, 1.82) is 5.26 Å². The Hall–Kier alpha value is -3.08. The molecule has 0 atom stereocenters. The van der Waals surface area contributed by atoms with Gasteiger partial charge in [-0.15, -0.1) is 24.8 Å². The summed E-state index contributed by atoms with van der Waals surface area (Å²) in [6, 6.07) is 24.6. The Balaban J connectivity index is 0.00000220. The van der Waals surface area contributed by atoms with E-state index in [0.717, 1.165) is 71.9 Å². The molecule has 1 aromatic heterocycles. The molecule has 3 aromatic carbocycles. The molecule has 1 saturated heterocycles. The molecule has 0 bridgehead atoms. The zero-order valence-electron chi connectivity index (χ0n) is 23.2. The minimum atomic E-state index is 0. The standard InChI is InChI=1S/C32H36N4O2.2ClH/c1-35(2)22-29-31(37-23-27-10-8-25(20-33)9-11-27)15-13-28-30(34-38-32(28)29)14-12-24-16-18-36(19-17-24)21-26-6-4-3-5-7-26;;/h3-11,13,15,24H,12,14,16-19,21-23H2,1-2H3;2*1H. The van der Waals surface area contributed by atoms with Crippen LogP contribution in [0.2, 0.25) is 0 Å². The molecule has 6 nitrogen and oxygen atoms in total. The number of aryl methyl sites for hydroxylation is 1. The minimum absolute atomic E-state index is 0. The summed E-state index contributed by atoms with van der Waals surface area (Å²) < 4.78 is 12.1. The summed E-state index contributed by atoms with van der Waals surface area (Å²) >= 11 is 0. The van der Waals surface area contributed by atoms with Crippen molar-refractivity contribution in [3.63, 3.8) is 0 Å². The fourth-order valence-electron chi connectivity index (χ4n) is 5.32. The fourth-order valence-corrected chi connectivity index (χ4v) is 5.32. The van der Waals surface area contributed by atoms with Crippen LogP contribution in [-0.2, 0) is 26.1 Å². The van der Waals surface area contributed by atoms with Gasteiger partial charge in [-0.2, -0.15) is 5.26 Å². The van der Waals surface area contributed by atoms with Gasteiger partial charge < -0.3 is 14.2 Å². The lowest BCUT2D eigenvalue weighted by Crippen LogP contribution is -2.33. The fraction of sp³-hybridized carbons (Fsp3) is 0.375. The zero-order valence-corrected chi connectivity index (χ0v) is 24.8. The molecule has 4 aromatic rings. The lowest BCUT2D eigenvalue weighted by molar-refractivity contribution is 0.172. The van der Waals surface area contributed by atoms with Crippen LogP contribution in [0, 0.1) is 17.2 Å². The Bertz CT molecular complexity index is 1380. The number of hydrogen-bond donors (Lipinski definition) is 0. The second kappa shape index (κ2) is 15.1. The van der Waals surface area contributed by atoms with Crippen molar-refractivity contribution in [2.75, 3.05) is 27.2 Å². The lowest BCUT2D eigenvalue weighted by atomic mass is 9.91. The van der Waals surface area contributed by atoms with Gasteiger partial charge in [0.1, 0.15) is 12.4 Å². The average molecular weight is 582 g/mol. The van der Waals surface area contributed by atoms with E-state index in [4.69, 9.17) is 14.5 Å². The molecule has 0 radical (unpaired) electrons. The Morgan fingerprint density at radius 1 is 0.975 bits per heavy atom. The third-order valence-corrected chi connectivity index (χ3v) is 7.47. The van der Waals surface area contributed by atoms with Gasteiger partial charge in [-0.25, -0.2) is 0 Å². The number of nitrogens with zero attached hydrogens (tertiary/aromatic N) is 4. The molecule has 0 saturated carbocycles. The first-order chi connectivity index (χ1) is 18.6. The number of piperidine rings is 1. The van der Waals surface area contributed by atoms with Crippen LogP contribution in [0.25, 0.3) is 11.0 Å². The highest BCUT2D eigenvalue weighted by Crippen LogP contribution is 2.33. The van der Waals surface area contributed by atoms with E-state index in [1.165, 1.54) is 18.4 Å². The third kappa shape index (κ3) is 7.99. The Morgan fingerprint density at radius 2 is 1.70 bits per heavy atom. The van der Waals surface area contributed by atoms with E-state index in [9.17, 15) is 0 Å². The highest BCUT2D eigenvalue weighted by atomic mass is 35.5. The van der Waals surface area contributed by atoms with Crippen LogP contribution in [0.1, 0.15) is 47.2 Å². The smallest absolute Gasteiger partial charge is 0.175 e. The van der Waals surface area contributed by atoms with E-state index in [-0.39, 0.29) is 24.8 Å². The monoisotopic (exact) mass is 580 g/mol. The molecule has 1 aliphatic heterocycles. The number of aromatic nitrogens is 1. The Labute approximate surface area is 249 Å². The van der Waals surface area contributed by atoms with Gasteiger partial charge in [0.2, 0.25) is 0 Å². The first-order valence-corrected chi connectivity index (χ1v) is 13.5. The van der Waals surface area contributed by atoms with Crippen LogP contribution in [-0.4, -0.2) is 42.1 Å². The van der Waals surface area contributed by atoms with Crippen LogP contribution in [0.15, 0.2) is 71.3 Å². The highest BCUT2D eigenvalue weighted by molar-refractivity contribution is 5.86. The van der Waals surface area contributed by atoms with Gasteiger partial charge >= 0.3 is 0 Å². The number of likely N-dealkylation sites (tertiary alicyclic amines) is 1. The molecular weight excluding hydrogens is 543 g/mol. The molecule has 0 unspecified atom stereocenters. The van der Waals surface area contributed by atoms with Gasteiger partial charge in [-0.1, -0.05) is 47.6 Å². The van der Waals surface area contributed by atoms with Crippen LogP contribution >= 0.6 is 24.8 Å². The van der Waals surface area contributed by atoms with Crippen LogP contribution in [0.3, 0.4) is 0 Å². The van der Waals surface area contributed by atoms with Gasteiger partial charge in [0, 0.05) is 18.5 Å². The number of ether oxygens (including phenoxy) is 1. The molecule has 0 spiro atoms. The number of benzene rings is 3. The summed E-state index contributed by atoms with van der Waals surface area (Å²) in [5, 5.41) is 14.6. The molecule has 1 aliphatic rings. The van der Waals surface area contributed by atoms with Crippen LogP contribution < -0.4 is 4.74 Å². The quantitative estimate of drug-likeness (QED) is 0.200. The number of fused-ring (bicyclic) bond motifs is 1. The zero-order chi connectivity index (χ0) is 26.3. The van der Waals surface area contributed by atoms with E-state index < -0.39 is 0 Å². The molecule has 0 aliphatic carbocycles. The van der Waals surface area contributed by atoms with Crippen molar-refractivity contribution >= 4 is 35.8 Å². The van der Waals surface area contributed by atoms with Crippen molar-refractivity contribution in [2.45, 2.75) is 45.4 Å². The van der Waals surface area contributed by atoms with Crippen molar-refractivity contribution in [3.8, 4) is 11.8 Å². The molecule has 212 valence electrons. The largest absolute Gasteiger partial charge is 0.488 e. The van der Waals surface area contributed by atoms with E-state index in [0.29, 0.717) is 18.7 Å². The second-order valence-corrected chi connectivity index (χ2v) is 10.6. The van der Waals surface area contributed by atoms with Gasteiger partial charge in [0.15, 0.2) is 5.58 Å². The molecule has 0 amide bonds. The first kappa shape index (κ1) is 31.4. The lowest BCUT2D eigenvalue weighted by Gasteiger charge is -2.31. The van der Waals surface area contributed by atoms with Crippen molar-refractivity contribution < 1.29 is 9.26 Å².